The van der Waals surface area contributed by atoms with E-state index in [0.29, 0.717) is 5.65 Å². The number of nitrogens with zero attached hydrogens (tertiary/aromatic N) is 4. The van der Waals surface area contributed by atoms with Crippen LogP contribution in [-0.4, -0.2) is 26.5 Å². The van der Waals surface area contributed by atoms with Crippen LogP contribution >= 0.6 is 0 Å². The molecule has 0 aromatic carbocycles. The van der Waals surface area contributed by atoms with Crippen LogP contribution < -0.4 is 5.32 Å². The second-order valence-electron chi connectivity index (χ2n) is 2.91. The van der Waals surface area contributed by atoms with Crippen molar-refractivity contribution in [2.24, 2.45) is 0 Å². The molecule has 0 aliphatic carbocycles. The number of hydrogen-bond donors (Lipinski definition) is 1. The molecule has 0 bridgehead atoms. The quantitative estimate of drug-likeness (QED) is 0.768. The van der Waals surface area contributed by atoms with E-state index in [4.69, 9.17) is 0 Å². The van der Waals surface area contributed by atoms with Gasteiger partial charge in [0.15, 0.2) is 5.65 Å². The highest BCUT2D eigenvalue weighted by atomic mass is 15.0. The summed E-state index contributed by atoms with van der Waals surface area (Å²) in [4.78, 5) is 16.5. The van der Waals surface area contributed by atoms with Crippen molar-refractivity contribution in [3.05, 3.63) is 18.3 Å². The Morgan fingerprint density at radius 1 is 1.29 bits per heavy atom. The van der Waals surface area contributed by atoms with Crippen LogP contribution in [0, 0.1) is 6.92 Å². The first-order valence-electron chi connectivity index (χ1n) is 4.49. The second kappa shape index (κ2) is 3.53. The molecular weight excluding hydrogens is 178 g/mol. The monoisotopic (exact) mass is 189 g/mol. The zero-order valence-corrected chi connectivity index (χ0v) is 8.15. The SMILES string of the molecule is CCNc1ncnc2nc(C)ncc12. The topological polar surface area (TPSA) is 63.6 Å². The van der Waals surface area contributed by atoms with Crippen molar-refractivity contribution in [2.45, 2.75) is 13.8 Å². The highest BCUT2D eigenvalue weighted by Gasteiger charge is 2.03. The molecule has 0 saturated heterocycles. The molecule has 0 aliphatic rings. The van der Waals surface area contributed by atoms with E-state index < -0.39 is 0 Å². The Bertz CT molecular complexity index is 454. The molecule has 0 atom stereocenters. The minimum atomic E-state index is 0.684. The molecule has 0 spiro atoms. The fourth-order valence-electron chi connectivity index (χ4n) is 1.24. The molecule has 2 heterocycles. The first-order valence-corrected chi connectivity index (χ1v) is 4.49. The molecule has 0 aliphatic heterocycles. The van der Waals surface area contributed by atoms with Gasteiger partial charge >= 0.3 is 0 Å². The van der Waals surface area contributed by atoms with E-state index in [2.05, 4.69) is 25.3 Å². The van der Waals surface area contributed by atoms with Crippen molar-refractivity contribution in [3.63, 3.8) is 0 Å². The third-order valence-electron chi connectivity index (χ3n) is 1.86. The molecule has 2 aromatic heterocycles. The van der Waals surface area contributed by atoms with Gasteiger partial charge < -0.3 is 5.32 Å². The van der Waals surface area contributed by atoms with Crippen molar-refractivity contribution < 1.29 is 0 Å². The van der Waals surface area contributed by atoms with E-state index in [-0.39, 0.29) is 0 Å². The van der Waals surface area contributed by atoms with E-state index in [1.165, 1.54) is 6.33 Å². The third kappa shape index (κ3) is 1.48. The molecule has 0 radical (unpaired) electrons. The van der Waals surface area contributed by atoms with E-state index in [0.717, 1.165) is 23.6 Å². The summed E-state index contributed by atoms with van der Waals surface area (Å²) >= 11 is 0. The number of fused-ring (bicyclic) bond motifs is 1. The molecule has 5 nitrogen and oxygen atoms in total. The maximum absolute atomic E-state index is 4.22. The van der Waals surface area contributed by atoms with Crippen LogP contribution in [0.15, 0.2) is 12.5 Å². The maximum atomic E-state index is 4.22. The fraction of sp³-hybridized carbons (Fsp3) is 0.333. The largest absolute Gasteiger partial charge is 0.370 e. The summed E-state index contributed by atoms with van der Waals surface area (Å²) in [5, 5.41) is 4.00. The molecule has 0 unspecified atom stereocenters. The average Bonchev–Trinajstić information content (AvgIpc) is 2.18. The lowest BCUT2D eigenvalue weighted by atomic mass is 10.3. The normalized spacial score (nSPS) is 10.4. The maximum Gasteiger partial charge on any atom is 0.168 e. The van der Waals surface area contributed by atoms with Gasteiger partial charge in [0.1, 0.15) is 18.0 Å². The smallest absolute Gasteiger partial charge is 0.168 e. The zero-order valence-electron chi connectivity index (χ0n) is 8.15. The lowest BCUT2D eigenvalue weighted by Crippen LogP contribution is -2.02. The van der Waals surface area contributed by atoms with E-state index in [1.54, 1.807) is 6.20 Å². The lowest BCUT2D eigenvalue weighted by molar-refractivity contribution is 1.05. The number of aryl methyl sites for hydroxylation is 1. The predicted molar refractivity (Wildman–Crippen MR) is 54.0 cm³/mol. The number of rotatable bonds is 2. The summed E-state index contributed by atoms with van der Waals surface area (Å²) in [6.07, 6.45) is 3.25. The van der Waals surface area contributed by atoms with Crippen LogP contribution in [0.5, 0.6) is 0 Å². The van der Waals surface area contributed by atoms with Gasteiger partial charge in [-0.2, -0.15) is 0 Å². The second-order valence-corrected chi connectivity index (χ2v) is 2.91. The summed E-state index contributed by atoms with van der Waals surface area (Å²) in [5.41, 5.74) is 0.684. The molecule has 1 N–H and O–H groups in total. The Labute approximate surface area is 81.6 Å². The molecule has 0 amide bonds. The van der Waals surface area contributed by atoms with E-state index in [9.17, 15) is 0 Å². The standard InChI is InChI=1S/C9H11N5/c1-3-10-8-7-4-11-6(2)14-9(7)13-5-12-8/h4-5H,3H2,1-2H3,(H,10,11,12,13,14). The van der Waals surface area contributed by atoms with Crippen molar-refractivity contribution in [2.75, 3.05) is 11.9 Å². The highest BCUT2D eigenvalue weighted by Crippen LogP contribution is 2.15. The molecule has 2 rings (SSSR count). The average molecular weight is 189 g/mol. The summed E-state index contributed by atoms with van der Waals surface area (Å²) in [7, 11) is 0. The molecule has 5 heteroatoms. The van der Waals surface area contributed by atoms with Gasteiger partial charge in [0.2, 0.25) is 0 Å². The first-order chi connectivity index (χ1) is 6.81. The predicted octanol–water partition coefficient (Wildman–Crippen LogP) is 1.16. The number of aromatic nitrogens is 4. The van der Waals surface area contributed by atoms with Crippen LogP contribution in [0.1, 0.15) is 12.7 Å². The van der Waals surface area contributed by atoms with Crippen LogP contribution in [0.3, 0.4) is 0 Å². The number of hydrogen-bond acceptors (Lipinski definition) is 5. The minimum Gasteiger partial charge on any atom is -0.370 e. The van der Waals surface area contributed by atoms with Gasteiger partial charge in [-0.05, 0) is 13.8 Å². The summed E-state index contributed by atoms with van der Waals surface area (Å²) in [6.45, 7) is 4.68. The number of nitrogens with one attached hydrogen (secondary N) is 1. The Morgan fingerprint density at radius 3 is 2.93 bits per heavy atom. The Morgan fingerprint density at radius 2 is 2.14 bits per heavy atom. The van der Waals surface area contributed by atoms with E-state index in [1.807, 2.05) is 13.8 Å². The van der Waals surface area contributed by atoms with Gasteiger partial charge in [-0.25, -0.2) is 19.9 Å². The van der Waals surface area contributed by atoms with Gasteiger partial charge in [0, 0.05) is 12.7 Å². The molecular formula is C9H11N5. The van der Waals surface area contributed by atoms with Gasteiger partial charge in [0.25, 0.3) is 0 Å². The van der Waals surface area contributed by atoms with Crippen LogP contribution in [0.4, 0.5) is 5.82 Å². The molecule has 0 fully saturated rings. The number of anilines is 1. The molecule has 0 saturated carbocycles. The van der Waals surface area contributed by atoms with E-state index >= 15 is 0 Å². The molecule has 14 heavy (non-hydrogen) atoms. The van der Waals surface area contributed by atoms with Crippen LogP contribution in [0.2, 0.25) is 0 Å². The van der Waals surface area contributed by atoms with Gasteiger partial charge in [0.05, 0.1) is 5.39 Å². The van der Waals surface area contributed by atoms with Crippen LogP contribution in [-0.2, 0) is 0 Å². The van der Waals surface area contributed by atoms with Crippen molar-refractivity contribution in [3.8, 4) is 0 Å². The summed E-state index contributed by atoms with van der Waals surface area (Å²) in [5.74, 6) is 1.51. The Kier molecular flexibility index (Phi) is 2.22. The fourth-order valence-corrected chi connectivity index (χ4v) is 1.24. The Hall–Kier alpha value is -1.78. The first kappa shape index (κ1) is 8.80. The van der Waals surface area contributed by atoms with Crippen molar-refractivity contribution in [1.82, 2.24) is 19.9 Å². The third-order valence-corrected chi connectivity index (χ3v) is 1.86. The van der Waals surface area contributed by atoms with Crippen molar-refractivity contribution in [1.29, 1.82) is 0 Å². The lowest BCUT2D eigenvalue weighted by Gasteiger charge is -2.04. The highest BCUT2D eigenvalue weighted by molar-refractivity contribution is 5.85. The van der Waals surface area contributed by atoms with Crippen molar-refractivity contribution >= 4 is 16.9 Å². The Balaban J connectivity index is 2.62. The van der Waals surface area contributed by atoms with Crippen LogP contribution in [0.25, 0.3) is 11.0 Å². The van der Waals surface area contributed by atoms with Gasteiger partial charge in [-0.1, -0.05) is 0 Å². The summed E-state index contributed by atoms with van der Waals surface area (Å²) < 4.78 is 0. The zero-order chi connectivity index (χ0) is 9.97. The van der Waals surface area contributed by atoms with Gasteiger partial charge in [-0.15, -0.1) is 0 Å². The molecule has 72 valence electrons. The molecule has 2 aromatic rings. The van der Waals surface area contributed by atoms with Gasteiger partial charge in [-0.3, -0.25) is 0 Å². The minimum absolute atomic E-state index is 0.684. The summed E-state index contributed by atoms with van der Waals surface area (Å²) in [6, 6.07) is 0.